The highest BCUT2D eigenvalue weighted by molar-refractivity contribution is 9.09. The molecule has 0 radical (unpaired) electrons. The summed E-state index contributed by atoms with van der Waals surface area (Å²) in [7, 11) is 0. The Hall–Kier alpha value is -0.640. The summed E-state index contributed by atoms with van der Waals surface area (Å²) in [5.74, 6) is -2.25. The van der Waals surface area contributed by atoms with Crippen molar-refractivity contribution >= 4 is 27.7 Å². The Morgan fingerprint density at radius 3 is 2.42 bits per heavy atom. The summed E-state index contributed by atoms with van der Waals surface area (Å²) in [6, 6.07) is 0. The van der Waals surface area contributed by atoms with Gasteiger partial charge in [-0.1, -0.05) is 28.1 Å². The van der Waals surface area contributed by atoms with E-state index in [1.165, 1.54) is 6.92 Å². The van der Waals surface area contributed by atoms with Crippen LogP contribution in [0.4, 0.5) is 0 Å². The average molecular weight is 235 g/mol. The topological polar surface area (TPSA) is 54.4 Å². The number of carboxylic acids is 1. The number of alkyl halides is 1. The minimum absolute atomic E-state index is 0.274. The second kappa shape index (κ2) is 5.94. The van der Waals surface area contributed by atoms with Gasteiger partial charge in [0.25, 0.3) is 0 Å². The van der Waals surface area contributed by atoms with Crippen molar-refractivity contribution in [1.29, 1.82) is 0 Å². The van der Waals surface area contributed by atoms with Crippen molar-refractivity contribution in [1.82, 2.24) is 0 Å². The molecule has 1 unspecified atom stereocenters. The molecule has 0 aliphatic carbocycles. The molecule has 0 fully saturated rings. The summed E-state index contributed by atoms with van der Waals surface area (Å²) in [4.78, 5) is 21.2. The number of ketones is 1. The lowest BCUT2D eigenvalue weighted by molar-refractivity contribution is -0.145. The number of carboxylic acid groups (broad SMARTS) is 1. The van der Waals surface area contributed by atoms with Crippen LogP contribution in [-0.4, -0.2) is 22.2 Å². The average Bonchev–Trinajstić information content (AvgIpc) is 1.96. The van der Waals surface area contributed by atoms with Crippen molar-refractivity contribution in [3.63, 3.8) is 0 Å². The van der Waals surface area contributed by atoms with E-state index in [1.807, 2.05) is 0 Å². The zero-order valence-electron chi connectivity index (χ0n) is 6.79. The van der Waals surface area contributed by atoms with Crippen LogP contribution in [0.5, 0.6) is 0 Å². The summed E-state index contributed by atoms with van der Waals surface area (Å²) in [6.45, 7) is 1.29. The van der Waals surface area contributed by atoms with Crippen LogP contribution >= 0.6 is 15.9 Å². The molecule has 4 heteroatoms. The molecule has 0 heterocycles. The molecule has 0 aromatic rings. The van der Waals surface area contributed by atoms with E-state index < -0.39 is 11.9 Å². The van der Waals surface area contributed by atoms with E-state index in [0.29, 0.717) is 5.33 Å². The van der Waals surface area contributed by atoms with Crippen molar-refractivity contribution in [2.45, 2.75) is 13.3 Å². The van der Waals surface area contributed by atoms with Crippen molar-refractivity contribution in [2.75, 3.05) is 5.33 Å². The van der Waals surface area contributed by atoms with Crippen molar-refractivity contribution in [3.05, 3.63) is 12.2 Å². The maximum Gasteiger partial charge on any atom is 0.314 e. The predicted octanol–water partition coefficient (Wildman–Crippen LogP) is 1.62. The Morgan fingerprint density at radius 2 is 2.08 bits per heavy atom. The van der Waals surface area contributed by atoms with Crippen LogP contribution in [0.15, 0.2) is 12.2 Å². The number of rotatable bonds is 5. The molecule has 0 aromatic carbocycles. The van der Waals surface area contributed by atoms with Crippen molar-refractivity contribution in [3.8, 4) is 0 Å². The van der Waals surface area contributed by atoms with Gasteiger partial charge in [0.05, 0.1) is 0 Å². The minimum Gasteiger partial charge on any atom is -0.481 e. The molecular formula is C8H11BrO3. The number of halogens is 1. The van der Waals surface area contributed by atoms with E-state index in [9.17, 15) is 9.59 Å². The number of aliphatic carboxylic acids is 1. The van der Waals surface area contributed by atoms with Crippen molar-refractivity contribution < 1.29 is 14.7 Å². The summed E-state index contributed by atoms with van der Waals surface area (Å²) >= 11 is 3.15. The van der Waals surface area contributed by atoms with E-state index in [4.69, 9.17) is 5.11 Å². The van der Waals surface area contributed by atoms with E-state index >= 15 is 0 Å². The van der Waals surface area contributed by atoms with Gasteiger partial charge in [-0.3, -0.25) is 9.59 Å². The number of carbonyl (C=O) groups is 2. The molecular weight excluding hydrogens is 224 g/mol. The third-order valence-electron chi connectivity index (χ3n) is 1.42. The van der Waals surface area contributed by atoms with Crippen LogP contribution in [0.1, 0.15) is 13.3 Å². The lowest BCUT2D eigenvalue weighted by Gasteiger charge is -2.03. The molecule has 0 saturated heterocycles. The molecule has 68 valence electrons. The fourth-order valence-corrected chi connectivity index (χ4v) is 1.00. The van der Waals surface area contributed by atoms with Crippen LogP contribution < -0.4 is 0 Å². The van der Waals surface area contributed by atoms with Gasteiger partial charge in [0.2, 0.25) is 0 Å². The van der Waals surface area contributed by atoms with Gasteiger partial charge in [0.1, 0.15) is 11.7 Å². The second-order valence-corrected chi connectivity index (χ2v) is 3.01. The molecule has 0 saturated carbocycles. The lowest BCUT2D eigenvalue weighted by atomic mass is 10.0. The standard InChI is InChI=1S/C8H11BrO3/c1-6(10)7(8(11)12)4-2-3-5-9/h2-3,7H,4-5H2,1H3,(H,11,12). The summed E-state index contributed by atoms with van der Waals surface area (Å²) in [6.07, 6.45) is 3.74. The molecule has 0 aromatic heterocycles. The molecule has 0 bridgehead atoms. The van der Waals surface area contributed by atoms with Gasteiger partial charge in [0, 0.05) is 5.33 Å². The maximum atomic E-state index is 10.8. The van der Waals surface area contributed by atoms with E-state index in [2.05, 4.69) is 15.9 Å². The minimum atomic E-state index is -1.05. The molecule has 0 spiro atoms. The molecule has 0 amide bonds. The van der Waals surface area contributed by atoms with Gasteiger partial charge < -0.3 is 5.11 Å². The zero-order chi connectivity index (χ0) is 9.56. The largest absolute Gasteiger partial charge is 0.481 e. The van der Waals surface area contributed by atoms with Gasteiger partial charge in [-0.05, 0) is 13.3 Å². The Balaban J connectivity index is 4.06. The van der Waals surface area contributed by atoms with Gasteiger partial charge in [-0.2, -0.15) is 0 Å². The number of carbonyl (C=O) groups excluding carboxylic acids is 1. The first-order valence-electron chi connectivity index (χ1n) is 3.53. The third kappa shape index (κ3) is 4.28. The summed E-state index contributed by atoms with van der Waals surface area (Å²) in [5.41, 5.74) is 0. The third-order valence-corrected chi connectivity index (χ3v) is 1.79. The summed E-state index contributed by atoms with van der Waals surface area (Å²) < 4.78 is 0. The van der Waals surface area contributed by atoms with Gasteiger partial charge in [0.15, 0.2) is 0 Å². The molecule has 1 atom stereocenters. The zero-order valence-corrected chi connectivity index (χ0v) is 8.37. The highest BCUT2D eigenvalue weighted by Gasteiger charge is 2.20. The summed E-state index contributed by atoms with van der Waals surface area (Å²) in [5, 5.41) is 9.25. The lowest BCUT2D eigenvalue weighted by Crippen LogP contribution is -2.20. The molecule has 0 aliphatic rings. The monoisotopic (exact) mass is 234 g/mol. The Kier molecular flexibility index (Phi) is 5.62. The molecule has 0 aliphatic heterocycles. The predicted molar refractivity (Wildman–Crippen MR) is 49.4 cm³/mol. The fourth-order valence-electron chi connectivity index (χ4n) is 0.736. The second-order valence-electron chi connectivity index (χ2n) is 2.36. The first-order valence-corrected chi connectivity index (χ1v) is 4.66. The normalized spacial score (nSPS) is 13.2. The van der Waals surface area contributed by atoms with E-state index in [-0.39, 0.29) is 12.2 Å². The number of hydrogen-bond acceptors (Lipinski definition) is 2. The van der Waals surface area contributed by atoms with Gasteiger partial charge >= 0.3 is 5.97 Å². The number of allylic oxidation sites excluding steroid dienone is 2. The van der Waals surface area contributed by atoms with Crippen molar-refractivity contribution in [2.24, 2.45) is 5.92 Å². The SMILES string of the molecule is CC(=O)C(CC=CCBr)C(=O)O. The highest BCUT2D eigenvalue weighted by atomic mass is 79.9. The Labute approximate surface area is 79.6 Å². The highest BCUT2D eigenvalue weighted by Crippen LogP contribution is 2.05. The Morgan fingerprint density at radius 1 is 1.50 bits per heavy atom. The number of Topliss-reactive ketones (excluding diaryl/α,β-unsaturated/α-hetero) is 1. The van der Waals surface area contributed by atoms with E-state index in [1.54, 1.807) is 12.2 Å². The first-order chi connectivity index (χ1) is 5.59. The molecule has 1 N–H and O–H groups in total. The molecule has 3 nitrogen and oxygen atoms in total. The van der Waals surface area contributed by atoms with Crippen LogP contribution in [0.3, 0.4) is 0 Å². The first kappa shape index (κ1) is 11.4. The quantitative estimate of drug-likeness (QED) is 0.447. The maximum absolute atomic E-state index is 10.8. The molecule has 12 heavy (non-hydrogen) atoms. The Bertz CT molecular complexity index is 184. The van der Waals surface area contributed by atoms with Crippen LogP contribution in [0.2, 0.25) is 0 Å². The van der Waals surface area contributed by atoms with Gasteiger partial charge in [-0.15, -0.1) is 0 Å². The van der Waals surface area contributed by atoms with E-state index in [0.717, 1.165) is 0 Å². The smallest absolute Gasteiger partial charge is 0.314 e. The van der Waals surface area contributed by atoms with Crippen LogP contribution in [-0.2, 0) is 9.59 Å². The van der Waals surface area contributed by atoms with Gasteiger partial charge in [-0.25, -0.2) is 0 Å². The van der Waals surface area contributed by atoms with Crippen LogP contribution in [0, 0.1) is 5.92 Å². The fraction of sp³-hybridized carbons (Fsp3) is 0.500. The van der Waals surface area contributed by atoms with Crippen LogP contribution in [0.25, 0.3) is 0 Å². The number of hydrogen-bond donors (Lipinski definition) is 1. The molecule has 0 rings (SSSR count).